The molecule has 0 bridgehead atoms. The van der Waals surface area contributed by atoms with Gasteiger partial charge in [-0.3, -0.25) is 14.4 Å². The van der Waals surface area contributed by atoms with Gasteiger partial charge in [0.1, 0.15) is 18.8 Å². The molecule has 10 heteroatoms. The standard InChI is InChI=1S/C22H21N5O5/c1-32-17-9-5-2-6-14(17)10-11-19(29)24-12-20(30)25-26-21-15-7-3-4-8-16(15)27(22(21)31)13-18(23)28/h2-11,31H,12-13H2,1H3,(H2,23,28)(H,24,29)/b11-10+,26-25?. The second-order valence-electron chi connectivity index (χ2n) is 6.63. The first-order valence-electron chi connectivity index (χ1n) is 9.52. The Kier molecular flexibility index (Phi) is 6.96. The lowest BCUT2D eigenvalue weighted by molar-refractivity contribution is -0.122. The van der Waals surface area contributed by atoms with Crippen LogP contribution in [0.1, 0.15) is 5.56 Å². The van der Waals surface area contributed by atoms with E-state index < -0.39 is 17.7 Å². The zero-order chi connectivity index (χ0) is 23.1. The molecule has 1 aromatic heterocycles. The molecule has 0 saturated carbocycles. The Morgan fingerprint density at radius 2 is 1.88 bits per heavy atom. The number of carbonyl (C=O) groups is 3. The summed E-state index contributed by atoms with van der Waals surface area (Å²) in [6, 6.07) is 13.9. The number of nitrogens with one attached hydrogen (secondary N) is 1. The minimum absolute atomic E-state index is 0.0256. The minimum Gasteiger partial charge on any atom is -0.496 e. The van der Waals surface area contributed by atoms with Gasteiger partial charge in [-0.2, -0.15) is 0 Å². The van der Waals surface area contributed by atoms with Crippen LogP contribution in [0.25, 0.3) is 17.0 Å². The minimum atomic E-state index is -0.727. The lowest BCUT2D eigenvalue weighted by atomic mass is 10.2. The maximum Gasteiger partial charge on any atom is 0.283 e. The van der Waals surface area contributed by atoms with Gasteiger partial charge in [0.25, 0.3) is 5.91 Å². The zero-order valence-corrected chi connectivity index (χ0v) is 17.2. The second kappa shape index (κ2) is 10.0. The van der Waals surface area contributed by atoms with Gasteiger partial charge < -0.3 is 25.5 Å². The number of hydrogen-bond acceptors (Lipinski definition) is 6. The quantitative estimate of drug-likeness (QED) is 0.367. The van der Waals surface area contributed by atoms with Crippen molar-refractivity contribution in [2.45, 2.75) is 6.54 Å². The third-order valence-corrected chi connectivity index (χ3v) is 4.46. The molecule has 2 aromatic carbocycles. The lowest BCUT2D eigenvalue weighted by Gasteiger charge is -2.03. The highest BCUT2D eigenvalue weighted by atomic mass is 16.5. The van der Waals surface area contributed by atoms with Gasteiger partial charge in [-0.05, 0) is 18.2 Å². The van der Waals surface area contributed by atoms with Crippen molar-refractivity contribution in [2.75, 3.05) is 13.7 Å². The zero-order valence-electron chi connectivity index (χ0n) is 17.2. The van der Waals surface area contributed by atoms with Gasteiger partial charge in [-0.1, -0.05) is 36.4 Å². The van der Waals surface area contributed by atoms with E-state index in [1.54, 1.807) is 48.5 Å². The maximum absolute atomic E-state index is 12.0. The molecule has 32 heavy (non-hydrogen) atoms. The topological polar surface area (TPSA) is 148 Å². The van der Waals surface area contributed by atoms with Crippen molar-refractivity contribution >= 4 is 40.4 Å². The molecule has 3 amide bonds. The number of methoxy groups -OCH3 is 1. The molecule has 164 valence electrons. The van der Waals surface area contributed by atoms with Gasteiger partial charge in [-0.15, -0.1) is 10.2 Å². The van der Waals surface area contributed by atoms with E-state index in [-0.39, 0.29) is 24.7 Å². The highest BCUT2D eigenvalue weighted by molar-refractivity contribution is 5.97. The average Bonchev–Trinajstić information content (AvgIpc) is 3.05. The smallest absolute Gasteiger partial charge is 0.283 e. The third kappa shape index (κ3) is 5.17. The van der Waals surface area contributed by atoms with Crippen LogP contribution < -0.4 is 15.8 Å². The van der Waals surface area contributed by atoms with Crippen molar-refractivity contribution in [1.29, 1.82) is 0 Å². The Morgan fingerprint density at radius 1 is 1.16 bits per heavy atom. The number of hydrogen-bond donors (Lipinski definition) is 3. The van der Waals surface area contributed by atoms with E-state index in [1.165, 1.54) is 17.8 Å². The number of nitrogens with zero attached hydrogens (tertiary/aromatic N) is 3. The summed E-state index contributed by atoms with van der Waals surface area (Å²) in [5.74, 6) is -1.61. The highest BCUT2D eigenvalue weighted by Crippen LogP contribution is 2.38. The largest absolute Gasteiger partial charge is 0.496 e. The number of fused-ring (bicyclic) bond motifs is 1. The summed E-state index contributed by atoms with van der Waals surface area (Å²) in [5.41, 5.74) is 6.48. The SMILES string of the molecule is COc1ccccc1/C=C/C(=O)NCC(=O)N=Nc1c(O)n(CC(N)=O)c2ccccc12. The van der Waals surface area contributed by atoms with Gasteiger partial charge in [0, 0.05) is 17.0 Å². The third-order valence-electron chi connectivity index (χ3n) is 4.46. The number of amides is 3. The van der Waals surface area contributed by atoms with Crippen LogP contribution >= 0.6 is 0 Å². The van der Waals surface area contributed by atoms with Crippen molar-refractivity contribution in [3.63, 3.8) is 0 Å². The molecule has 0 spiro atoms. The van der Waals surface area contributed by atoms with Crippen molar-refractivity contribution in [3.05, 3.63) is 60.2 Å². The van der Waals surface area contributed by atoms with Crippen molar-refractivity contribution in [2.24, 2.45) is 16.0 Å². The number of aromatic hydroxyl groups is 1. The van der Waals surface area contributed by atoms with Crippen molar-refractivity contribution in [1.82, 2.24) is 9.88 Å². The fraction of sp³-hybridized carbons (Fsp3) is 0.136. The maximum atomic E-state index is 12.0. The molecule has 0 saturated heterocycles. The Labute approximate surface area is 183 Å². The molecule has 3 rings (SSSR count). The molecule has 0 radical (unpaired) electrons. The summed E-state index contributed by atoms with van der Waals surface area (Å²) in [6.45, 7) is -0.649. The van der Waals surface area contributed by atoms with E-state index in [0.29, 0.717) is 22.2 Å². The molecule has 0 aliphatic rings. The van der Waals surface area contributed by atoms with Crippen LogP contribution in [0.5, 0.6) is 11.6 Å². The van der Waals surface area contributed by atoms with Crippen LogP contribution in [0.4, 0.5) is 5.69 Å². The van der Waals surface area contributed by atoms with Crippen LogP contribution in [0, 0.1) is 0 Å². The molecule has 4 N–H and O–H groups in total. The second-order valence-corrected chi connectivity index (χ2v) is 6.63. The molecular formula is C22H21N5O5. The first-order chi connectivity index (χ1) is 15.4. The van der Waals surface area contributed by atoms with Crippen molar-refractivity contribution < 1.29 is 24.2 Å². The summed E-state index contributed by atoms with van der Waals surface area (Å²) in [5, 5.41) is 20.7. The van der Waals surface area contributed by atoms with E-state index in [2.05, 4.69) is 15.5 Å². The summed E-state index contributed by atoms with van der Waals surface area (Å²) in [4.78, 5) is 35.3. The molecule has 0 aliphatic heterocycles. The number of benzene rings is 2. The van der Waals surface area contributed by atoms with Crippen LogP contribution in [-0.2, 0) is 20.9 Å². The molecule has 1 heterocycles. The van der Waals surface area contributed by atoms with E-state index in [9.17, 15) is 19.5 Å². The van der Waals surface area contributed by atoms with Gasteiger partial charge in [0.05, 0.1) is 12.6 Å². The predicted molar refractivity (Wildman–Crippen MR) is 117 cm³/mol. The number of ether oxygens (including phenoxy) is 1. The molecule has 0 fully saturated rings. The van der Waals surface area contributed by atoms with Gasteiger partial charge in [0.2, 0.25) is 17.7 Å². The fourth-order valence-corrected chi connectivity index (χ4v) is 3.02. The normalized spacial score (nSPS) is 11.3. The van der Waals surface area contributed by atoms with Gasteiger partial charge in [0.15, 0.2) is 5.69 Å². The summed E-state index contributed by atoms with van der Waals surface area (Å²) in [6.07, 6.45) is 2.83. The molecule has 0 atom stereocenters. The Bertz CT molecular complexity index is 1230. The van der Waals surface area contributed by atoms with E-state index in [0.717, 1.165) is 0 Å². The Balaban J connectivity index is 1.66. The Hall–Kier alpha value is -4.47. The fourth-order valence-electron chi connectivity index (χ4n) is 3.02. The Morgan fingerprint density at radius 3 is 2.62 bits per heavy atom. The number of carbonyl (C=O) groups excluding carboxylic acids is 3. The van der Waals surface area contributed by atoms with Crippen LogP contribution in [-0.4, -0.2) is 41.0 Å². The molecular weight excluding hydrogens is 414 g/mol. The van der Waals surface area contributed by atoms with Crippen LogP contribution in [0.15, 0.2) is 64.8 Å². The van der Waals surface area contributed by atoms with E-state index in [4.69, 9.17) is 10.5 Å². The number of nitrogens with two attached hydrogens (primary N) is 1. The summed E-state index contributed by atoms with van der Waals surface area (Å²) in [7, 11) is 1.53. The van der Waals surface area contributed by atoms with E-state index >= 15 is 0 Å². The predicted octanol–water partition coefficient (Wildman–Crippen LogP) is 2.28. The average molecular weight is 435 g/mol. The van der Waals surface area contributed by atoms with E-state index in [1.807, 2.05) is 6.07 Å². The van der Waals surface area contributed by atoms with Crippen molar-refractivity contribution in [3.8, 4) is 11.6 Å². The number of para-hydroxylation sites is 2. The number of aromatic nitrogens is 1. The number of primary amides is 1. The first-order valence-corrected chi connectivity index (χ1v) is 9.52. The highest BCUT2D eigenvalue weighted by Gasteiger charge is 2.17. The lowest BCUT2D eigenvalue weighted by Crippen LogP contribution is -2.26. The molecule has 0 unspecified atom stereocenters. The first kappa shape index (κ1) is 22.2. The van der Waals surface area contributed by atoms with Crippen LogP contribution in [0.2, 0.25) is 0 Å². The van der Waals surface area contributed by atoms with Gasteiger partial charge in [-0.25, -0.2) is 0 Å². The number of rotatable bonds is 8. The number of azo groups is 1. The molecule has 10 nitrogen and oxygen atoms in total. The summed E-state index contributed by atoms with van der Waals surface area (Å²) >= 11 is 0. The van der Waals surface area contributed by atoms with Crippen LogP contribution in [0.3, 0.4) is 0 Å². The van der Waals surface area contributed by atoms with Gasteiger partial charge >= 0.3 is 0 Å². The summed E-state index contributed by atoms with van der Waals surface area (Å²) < 4.78 is 6.48. The molecule has 3 aromatic rings. The molecule has 0 aliphatic carbocycles. The monoisotopic (exact) mass is 435 g/mol.